The third-order valence-electron chi connectivity index (χ3n) is 4.23. The van der Waals surface area contributed by atoms with E-state index in [1.54, 1.807) is 0 Å². The fourth-order valence-corrected chi connectivity index (χ4v) is 2.82. The Balaban J connectivity index is 2.59. The summed E-state index contributed by atoms with van der Waals surface area (Å²) in [6.07, 6.45) is 2.78. The molecule has 3 N–H and O–H groups in total. The highest BCUT2D eigenvalue weighted by molar-refractivity contribution is 4.88. The first-order valence-electron chi connectivity index (χ1n) is 7.38. The molecule has 0 aromatic rings. The second-order valence-electron chi connectivity index (χ2n) is 5.56. The van der Waals surface area contributed by atoms with Gasteiger partial charge in [0.05, 0.1) is 12.7 Å². The van der Waals surface area contributed by atoms with Gasteiger partial charge in [-0.15, -0.1) is 0 Å². The molecule has 0 saturated carbocycles. The lowest BCUT2D eigenvalue weighted by Gasteiger charge is -2.42. The predicted molar refractivity (Wildman–Crippen MR) is 74.6 cm³/mol. The van der Waals surface area contributed by atoms with Crippen LogP contribution in [0.5, 0.6) is 0 Å². The minimum Gasteiger partial charge on any atom is -0.395 e. The van der Waals surface area contributed by atoms with E-state index in [1.165, 1.54) is 0 Å². The molecule has 18 heavy (non-hydrogen) atoms. The molecule has 0 amide bonds. The Kier molecular flexibility index (Phi) is 7.15. The van der Waals surface area contributed by atoms with Gasteiger partial charge in [0.15, 0.2) is 0 Å². The summed E-state index contributed by atoms with van der Waals surface area (Å²) >= 11 is 0. The van der Waals surface area contributed by atoms with Crippen LogP contribution in [0.2, 0.25) is 0 Å². The molecule has 4 heteroatoms. The van der Waals surface area contributed by atoms with Gasteiger partial charge in [0, 0.05) is 31.7 Å². The van der Waals surface area contributed by atoms with Gasteiger partial charge in [0.1, 0.15) is 0 Å². The zero-order valence-corrected chi connectivity index (χ0v) is 12.1. The van der Waals surface area contributed by atoms with Crippen molar-refractivity contribution >= 4 is 0 Å². The molecule has 0 aromatic heterocycles. The Morgan fingerprint density at radius 3 is 2.56 bits per heavy atom. The molecular formula is C14H30N2O2. The van der Waals surface area contributed by atoms with Gasteiger partial charge >= 0.3 is 0 Å². The van der Waals surface area contributed by atoms with Crippen LogP contribution >= 0.6 is 0 Å². The summed E-state index contributed by atoms with van der Waals surface area (Å²) in [5, 5.41) is 22.4. The molecule has 1 rings (SSSR count). The van der Waals surface area contributed by atoms with Crippen LogP contribution in [0.3, 0.4) is 0 Å². The molecule has 0 spiro atoms. The van der Waals surface area contributed by atoms with E-state index in [4.69, 9.17) is 5.11 Å². The molecule has 1 fully saturated rings. The summed E-state index contributed by atoms with van der Waals surface area (Å²) in [7, 11) is 0. The maximum atomic E-state index is 10.1. The Hall–Kier alpha value is -0.160. The van der Waals surface area contributed by atoms with Crippen LogP contribution in [-0.4, -0.2) is 59.5 Å². The summed E-state index contributed by atoms with van der Waals surface area (Å²) in [4.78, 5) is 2.47. The Morgan fingerprint density at radius 2 is 2.00 bits per heavy atom. The third-order valence-corrected chi connectivity index (χ3v) is 4.23. The molecule has 108 valence electrons. The van der Waals surface area contributed by atoms with E-state index in [9.17, 15) is 5.11 Å². The van der Waals surface area contributed by atoms with Crippen molar-refractivity contribution in [1.82, 2.24) is 10.2 Å². The number of nitrogens with one attached hydrogen (secondary N) is 1. The monoisotopic (exact) mass is 258 g/mol. The van der Waals surface area contributed by atoms with Crippen molar-refractivity contribution in [2.75, 3.05) is 26.2 Å². The first-order chi connectivity index (χ1) is 8.62. The fraction of sp³-hybridized carbons (Fsp3) is 1.00. The summed E-state index contributed by atoms with van der Waals surface area (Å²) in [5.41, 5.74) is 0. The second kappa shape index (κ2) is 8.10. The standard InChI is InChI=1S/C14H30N2O2/c1-4-11(3)16-9-12(14(18)5-2)8-13(10-16)15-6-7-17/h11-15,17-18H,4-10H2,1-3H3. The molecule has 0 aromatic carbocycles. The molecule has 0 aliphatic carbocycles. The fourth-order valence-electron chi connectivity index (χ4n) is 2.82. The highest BCUT2D eigenvalue weighted by Gasteiger charge is 2.32. The first kappa shape index (κ1) is 15.9. The molecule has 0 bridgehead atoms. The minimum absolute atomic E-state index is 0.181. The normalized spacial score (nSPS) is 29.2. The average Bonchev–Trinajstić information content (AvgIpc) is 2.42. The van der Waals surface area contributed by atoms with E-state index in [0.717, 1.165) is 32.4 Å². The molecule has 1 aliphatic rings. The summed E-state index contributed by atoms with van der Waals surface area (Å²) in [6, 6.07) is 0.960. The van der Waals surface area contributed by atoms with Gasteiger partial charge < -0.3 is 15.5 Å². The molecule has 4 unspecified atom stereocenters. The van der Waals surface area contributed by atoms with Gasteiger partial charge in [0.2, 0.25) is 0 Å². The number of nitrogens with zero attached hydrogens (tertiary/aromatic N) is 1. The van der Waals surface area contributed by atoms with Gasteiger partial charge in [-0.2, -0.15) is 0 Å². The molecular weight excluding hydrogens is 228 g/mol. The van der Waals surface area contributed by atoms with Crippen molar-refractivity contribution in [2.45, 2.75) is 58.2 Å². The summed E-state index contributed by atoms with van der Waals surface area (Å²) in [5.74, 6) is 0.356. The molecule has 1 heterocycles. The number of aliphatic hydroxyl groups excluding tert-OH is 2. The van der Waals surface area contributed by atoms with E-state index in [0.29, 0.717) is 24.5 Å². The van der Waals surface area contributed by atoms with Gasteiger partial charge in [-0.25, -0.2) is 0 Å². The van der Waals surface area contributed by atoms with Gasteiger partial charge in [0.25, 0.3) is 0 Å². The largest absolute Gasteiger partial charge is 0.395 e. The summed E-state index contributed by atoms with van der Waals surface area (Å²) in [6.45, 7) is 9.37. The number of likely N-dealkylation sites (tertiary alicyclic amines) is 1. The third kappa shape index (κ3) is 4.50. The van der Waals surface area contributed by atoms with E-state index in [-0.39, 0.29) is 12.7 Å². The summed E-state index contributed by atoms with van der Waals surface area (Å²) < 4.78 is 0. The van der Waals surface area contributed by atoms with E-state index in [2.05, 4.69) is 24.1 Å². The van der Waals surface area contributed by atoms with Gasteiger partial charge in [-0.05, 0) is 32.1 Å². The minimum atomic E-state index is -0.199. The number of piperidine rings is 1. The zero-order chi connectivity index (χ0) is 13.5. The molecule has 1 aliphatic heterocycles. The van der Waals surface area contributed by atoms with Crippen LogP contribution in [0.4, 0.5) is 0 Å². The maximum Gasteiger partial charge on any atom is 0.0578 e. The topological polar surface area (TPSA) is 55.7 Å². The number of rotatable bonds is 7. The van der Waals surface area contributed by atoms with Crippen molar-refractivity contribution in [1.29, 1.82) is 0 Å². The van der Waals surface area contributed by atoms with Crippen molar-refractivity contribution in [3.8, 4) is 0 Å². The van der Waals surface area contributed by atoms with Crippen molar-refractivity contribution < 1.29 is 10.2 Å². The molecule has 0 radical (unpaired) electrons. The molecule has 4 atom stereocenters. The Labute approximate surface area is 111 Å². The van der Waals surface area contributed by atoms with Crippen LogP contribution in [0, 0.1) is 5.92 Å². The Bertz CT molecular complexity index is 208. The molecule has 4 nitrogen and oxygen atoms in total. The van der Waals surface area contributed by atoms with Crippen LogP contribution in [0.1, 0.15) is 40.0 Å². The van der Waals surface area contributed by atoms with Crippen LogP contribution < -0.4 is 5.32 Å². The van der Waals surface area contributed by atoms with Gasteiger partial charge in [-0.1, -0.05) is 13.8 Å². The number of hydrogen-bond donors (Lipinski definition) is 3. The lowest BCUT2D eigenvalue weighted by molar-refractivity contribution is 0.0206. The van der Waals surface area contributed by atoms with E-state index < -0.39 is 0 Å². The number of hydrogen-bond acceptors (Lipinski definition) is 4. The lowest BCUT2D eigenvalue weighted by Crippen LogP contribution is -2.54. The van der Waals surface area contributed by atoms with Crippen LogP contribution in [0.15, 0.2) is 0 Å². The van der Waals surface area contributed by atoms with Gasteiger partial charge in [-0.3, -0.25) is 4.90 Å². The highest BCUT2D eigenvalue weighted by Crippen LogP contribution is 2.24. The van der Waals surface area contributed by atoms with Crippen LogP contribution in [0.25, 0.3) is 0 Å². The van der Waals surface area contributed by atoms with E-state index >= 15 is 0 Å². The number of aliphatic hydroxyl groups is 2. The maximum absolute atomic E-state index is 10.1. The molecule has 1 saturated heterocycles. The second-order valence-corrected chi connectivity index (χ2v) is 5.56. The zero-order valence-electron chi connectivity index (χ0n) is 12.1. The predicted octanol–water partition coefficient (Wildman–Crippen LogP) is 0.828. The quantitative estimate of drug-likeness (QED) is 0.633. The first-order valence-corrected chi connectivity index (χ1v) is 7.38. The van der Waals surface area contributed by atoms with Crippen molar-refractivity contribution in [2.24, 2.45) is 5.92 Å². The average molecular weight is 258 g/mol. The smallest absolute Gasteiger partial charge is 0.0578 e. The van der Waals surface area contributed by atoms with Crippen molar-refractivity contribution in [3.63, 3.8) is 0 Å². The SMILES string of the molecule is CCC(O)C1CC(NCCO)CN(C(C)CC)C1. The van der Waals surface area contributed by atoms with Crippen molar-refractivity contribution in [3.05, 3.63) is 0 Å². The highest BCUT2D eigenvalue weighted by atomic mass is 16.3. The lowest BCUT2D eigenvalue weighted by atomic mass is 9.87. The van der Waals surface area contributed by atoms with E-state index in [1.807, 2.05) is 6.92 Å². The Morgan fingerprint density at radius 1 is 1.28 bits per heavy atom. The van der Waals surface area contributed by atoms with Crippen LogP contribution in [-0.2, 0) is 0 Å².